The Morgan fingerprint density at radius 1 is 1.32 bits per heavy atom. The summed E-state index contributed by atoms with van der Waals surface area (Å²) in [4.78, 5) is 24.3. The monoisotopic (exact) mass is 334 g/mol. The summed E-state index contributed by atoms with van der Waals surface area (Å²) in [6, 6.07) is -0.521. The number of rotatable bonds is 5. The molecule has 2 rings (SSSR count). The molecule has 0 spiro atoms. The maximum Gasteiger partial charge on any atom is 0.314 e. The molecule has 1 atom stereocenters. The van der Waals surface area contributed by atoms with Gasteiger partial charge in [-0.15, -0.1) is 12.4 Å². The number of carbonyl (C=O) groups excluding carboxylic acids is 2. The van der Waals surface area contributed by atoms with Gasteiger partial charge in [-0.05, 0) is 50.6 Å². The molecule has 1 unspecified atom stereocenters. The Labute approximate surface area is 137 Å². The molecule has 128 valence electrons. The van der Waals surface area contributed by atoms with Crippen molar-refractivity contribution >= 4 is 24.3 Å². The molecule has 1 saturated heterocycles. The minimum atomic E-state index is -0.609. The average Bonchev–Trinajstić information content (AvgIpc) is 2.42. The Bertz CT molecular complexity index is 384. The number of primary amides is 1. The first-order chi connectivity index (χ1) is 9.97. The van der Waals surface area contributed by atoms with E-state index in [4.69, 9.17) is 5.73 Å². The Kier molecular flexibility index (Phi) is 7.38. The fourth-order valence-electron chi connectivity index (χ4n) is 3.27. The van der Waals surface area contributed by atoms with Crippen LogP contribution in [0.5, 0.6) is 0 Å². The SMILES string of the molecule is CN(CC(=O)NC(C1CCNCC1)C1CC(O)C1)C(N)=O.Cl. The van der Waals surface area contributed by atoms with Crippen molar-refractivity contribution in [3.63, 3.8) is 0 Å². The van der Waals surface area contributed by atoms with E-state index in [1.54, 1.807) is 0 Å². The van der Waals surface area contributed by atoms with Gasteiger partial charge in [-0.1, -0.05) is 0 Å². The number of hydrogen-bond donors (Lipinski definition) is 4. The number of urea groups is 1. The first kappa shape index (κ1) is 19.0. The largest absolute Gasteiger partial charge is 0.393 e. The second-order valence-electron chi connectivity index (χ2n) is 6.26. The predicted molar refractivity (Wildman–Crippen MR) is 85.7 cm³/mol. The summed E-state index contributed by atoms with van der Waals surface area (Å²) < 4.78 is 0. The molecule has 0 aromatic heterocycles. The molecular formula is C14H27ClN4O3. The average molecular weight is 335 g/mol. The number of aliphatic hydroxyl groups is 1. The summed E-state index contributed by atoms with van der Waals surface area (Å²) in [7, 11) is 1.51. The molecule has 22 heavy (non-hydrogen) atoms. The van der Waals surface area contributed by atoms with E-state index in [1.165, 1.54) is 11.9 Å². The number of likely N-dealkylation sites (N-methyl/N-ethyl adjacent to an activating group) is 1. The van der Waals surface area contributed by atoms with Crippen LogP contribution in [0.2, 0.25) is 0 Å². The van der Waals surface area contributed by atoms with Crippen LogP contribution in [0.25, 0.3) is 0 Å². The van der Waals surface area contributed by atoms with Gasteiger partial charge in [0.05, 0.1) is 6.10 Å². The second kappa shape index (κ2) is 8.55. The molecule has 2 aliphatic rings. The summed E-state index contributed by atoms with van der Waals surface area (Å²) >= 11 is 0. The lowest BCUT2D eigenvalue weighted by molar-refractivity contribution is -0.124. The van der Waals surface area contributed by atoms with E-state index in [-0.39, 0.29) is 37.0 Å². The highest BCUT2D eigenvalue weighted by Crippen LogP contribution is 2.35. The van der Waals surface area contributed by atoms with Gasteiger partial charge in [0.15, 0.2) is 0 Å². The van der Waals surface area contributed by atoms with Crippen molar-refractivity contribution in [3.8, 4) is 0 Å². The second-order valence-corrected chi connectivity index (χ2v) is 6.26. The Morgan fingerprint density at radius 2 is 1.91 bits per heavy atom. The Morgan fingerprint density at radius 3 is 2.41 bits per heavy atom. The van der Waals surface area contributed by atoms with Crippen LogP contribution < -0.4 is 16.4 Å². The lowest BCUT2D eigenvalue weighted by Crippen LogP contribution is -2.54. The summed E-state index contributed by atoms with van der Waals surface area (Å²) in [5.41, 5.74) is 5.14. The summed E-state index contributed by atoms with van der Waals surface area (Å²) in [6.45, 7) is 1.91. The lowest BCUT2D eigenvalue weighted by Gasteiger charge is -2.43. The van der Waals surface area contributed by atoms with E-state index in [1.807, 2.05) is 0 Å². The van der Waals surface area contributed by atoms with Gasteiger partial charge in [0.2, 0.25) is 5.91 Å². The molecule has 0 aromatic carbocycles. The number of amides is 3. The van der Waals surface area contributed by atoms with Crippen LogP contribution in [0.4, 0.5) is 4.79 Å². The number of nitrogens with two attached hydrogens (primary N) is 1. The Balaban J connectivity index is 0.00000242. The minimum absolute atomic E-state index is 0. The number of hydrogen-bond acceptors (Lipinski definition) is 4. The molecule has 2 fully saturated rings. The van der Waals surface area contributed by atoms with E-state index < -0.39 is 6.03 Å². The number of halogens is 1. The Hall–Kier alpha value is -1.05. The molecule has 0 radical (unpaired) electrons. The fraction of sp³-hybridized carbons (Fsp3) is 0.857. The van der Waals surface area contributed by atoms with E-state index in [2.05, 4.69) is 10.6 Å². The van der Waals surface area contributed by atoms with Gasteiger partial charge in [-0.25, -0.2) is 4.79 Å². The first-order valence-electron chi connectivity index (χ1n) is 7.66. The minimum Gasteiger partial charge on any atom is -0.393 e. The van der Waals surface area contributed by atoms with Crippen LogP contribution in [0, 0.1) is 11.8 Å². The van der Waals surface area contributed by atoms with E-state index in [9.17, 15) is 14.7 Å². The quantitative estimate of drug-likeness (QED) is 0.552. The zero-order valence-corrected chi connectivity index (χ0v) is 13.8. The summed E-state index contributed by atoms with van der Waals surface area (Å²) in [5, 5.41) is 15.9. The third-order valence-corrected chi connectivity index (χ3v) is 4.63. The van der Waals surface area contributed by atoms with Crippen molar-refractivity contribution in [2.45, 2.75) is 37.8 Å². The van der Waals surface area contributed by atoms with Crippen LogP contribution >= 0.6 is 12.4 Å². The zero-order valence-electron chi connectivity index (χ0n) is 13.0. The maximum absolute atomic E-state index is 12.1. The van der Waals surface area contributed by atoms with Gasteiger partial charge in [0, 0.05) is 13.1 Å². The third kappa shape index (κ3) is 5.00. The molecule has 3 amide bonds. The van der Waals surface area contributed by atoms with Gasteiger partial charge in [-0.2, -0.15) is 0 Å². The summed E-state index contributed by atoms with van der Waals surface area (Å²) in [5.74, 6) is 0.596. The number of nitrogens with zero attached hydrogens (tertiary/aromatic N) is 1. The van der Waals surface area contributed by atoms with Gasteiger partial charge in [0.1, 0.15) is 6.54 Å². The van der Waals surface area contributed by atoms with Gasteiger partial charge in [0.25, 0.3) is 0 Å². The molecule has 1 aliphatic heterocycles. The molecule has 1 aliphatic carbocycles. The first-order valence-corrected chi connectivity index (χ1v) is 7.66. The maximum atomic E-state index is 12.1. The van der Waals surface area contributed by atoms with Crippen molar-refractivity contribution in [1.82, 2.24) is 15.5 Å². The fourth-order valence-corrected chi connectivity index (χ4v) is 3.27. The number of aliphatic hydroxyl groups excluding tert-OH is 1. The molecular weight excluding hydrogens is 308 g/mol. The lowest BCUT2D eigenvalue weighted by atomic mass is 9.71. The predicted octanol–water partition coefficient (Wildman–Crippen LogP) is -0.326. The van der Waals surface area contributed by atoms with Crippen molar-refractivity contribution in [2.24, 2.45) is 17.6 Å². The van der Waals surface area contributed by atoms with Crippen LogP contribution in [0.1, 0.15) is 25.7 Å². The van der Waals surface area contributed by atoms with Gasteiger partial charge >= 0.3 is 6.03 Å². The van der Waals surface area contributed by atoms with Crippen molar-refractivity contribution in [1.29, 1.82) is 0 Å². The van der Waals surface area contributed by atoms with Gasteiger partial charge in [-0.3, -0.25) is 4.79 Å². The van der Waals surface area contributed by atoms with Crippen LogP contribution in [-0.4, -0.2) is 60.8 Å². The molecule has 0 bridgehead atoms. The smallest absolute Gasteiger partial charge is 0.314 e. The van der Waals surface area contributed by atoms with E-state index in [0.717, 1.165) is 38.8 Å². The highest BCUT2D eigenvalue weighted by molar-refractivity contribution is 5.85. The highest BCUT2D eigenvalue weighted by atomic mass is 35.5. The van der Waals surface area contributed by atoms with E-state index in [0.29, 0.717) is 11.8 Å². The standard InChI is InChI=1S/C14H26N4O3.ClH/c1-18(14(15)21)8-12(20)17-13(10-6-11(19)7-10)9-2-4-16-5-3-9;/h9-11,13,16,19H,2-8H2,1H3,(H2,15,21)(H,17,20);1H. The number of nitrogens with one attached hydrogen (secondary N) is 2. The zero-order chi connectivity index (χ0) is 15.4. The van der Waals surface area contributed by atoms with Crippen molar-refractivity contribution in [2.75, 3.05) is 26.7 Å². The van der Waals surface area contributed by atoms with Gasteiger partial charge < -0.3 is 26.4 Å². The molecule has 1 saturated carbocycles. The molecule has 7 nitrogen and oxygen atoms in total. The normalized spacial score (nSPS) is 26.3. The molecule has 5 N–H and O–H groups in total. The molecule has 8 heteroatoms. The number of carbonyl (C=O) groups is 2. The third-order valence-electron chi connectivity index (χ3n) is 4.63. The summed E-state index contributed by atoms with van der Waals surface area (Å²) in [6.07, 6.45) is 3.33. The molecule has 0 aromatic rings. The number of piperidine rings is 1. The molecule has 1 heterocycles. The van der Waals surface area contributed by atoms with Crippen LogP contribution in [0.15, 0.2) is 0 Å². The van der Waals surface area contributed by atoms with Crippen LogP contribution in [0.3, 0.4) is 0 Å². The van der Waals surface area contributed by atoms with E-state index >= 15 is 0 Å². The van der Waals surface area contributed by atoms with Crippen molar-refractivity contribution < 1.29 is 14.7 Å². The van der Waals surface area contributed by atoms with Crippen LogP contribution in [-0.2, 0) is 4.79 Å². The highest BCUT2D eigenvalue weighted by Gasteiger charge is 2.39. The van der Waals surface area contributed by atoms with Crippen molar-refractivity contribution in [3.05, 3.63) is 0 Å². The topological polar surface area (TPSA) is 108 Å².